The summed E-state index contributed by atoms with van der Waals surface area (Å²) in [6, 6.07) is 1.65. The van der Waals surface area contributed by atoms with Gasteiger partial charge in [-0.05, 0) is 18.2 Å². The Balaban J connectivity index is 2.15. The van der Waals surface area contributed by atoms with Crippen LogP contribution in [0.1, 0.15) is 16.8 Å². The molecule has 0 aromatic carbocycles. The maximum Gasteiger partial charge on any atom is 0.256 e. The van der Waals surface area contributed by atoms with Crippen LogP contribution in [0.2, 0.25) is 0 Å². The zero-order valence-corrected chi connectivity index (χ0v) is 9.84. The minimum atomic E-state index is -0.551. The summed E-state index contributed by atoms with van der Waals surface area (Å²) in [5.41, 5.74) is 0.106. The van der Waals surface area contributed by atoms with Crippen LogP contribution in [0.5, 0.6) is 0 Å². The number of halogens is 1. The molecule has 1 aliphatic rings. The minimum absolute atomic E-state index is 0.106. The van der Waals surface area contributed by atoms with Gasteiger partial charge in [0.25, 0.3) is 5.91 Å². The highest BCUT2D eigenvalue weighted by Gasteiger charge is 2.25. The van der Waals surface area contributed by atoms with E-state index in [1.165, 1.54) is 12.3 Å². The largest absolute Gasteiger partial charge is 0.338 e. The molecule has 0 saturated carbocycles. The fourth-order valence-electron chi connectivity index (χ4n) is 1.73. The number of aromatic nitrogens is 1. The summed E-state index contributed by atoms with van der Waals surface area (Å²) in [5, 5.41) is 0. The third kappa shape index (κ3) is 2.19. The van der Waals surface area contributed by atoms with Crippen LogP contribution in [0, 0.1) is 5.82 Å². The highest BCUT2D eigenvalue weighted by atomic mass is 32.2. The van der Waals surface area contributed by atoms with E-state index in [0.29, 0.717) is 0 Å². The molecule has 3 nitrogen and oxygen atoms in total. The molecule has 0 spiro atoms. The lowest BCUT2D eigenvalue weighted by Gasteiger charge is -2.23. The molecule has 1 unspecified atom stereocenters. The smallest absolute Gasteiger partial charge is 0.256 e. The molecule has 0 radical (unpaired) electrons. The molecule has 0 bridgehead atoms. The number of carbonyl (C=O) groups excluding carboxylic acids is 1. The van der Waals surface area contributed by atoms with Gasteiger partial charge in [-0.25, -0.2) is 4.39 Å². The fraction of sp³-hybridized carbons (Fsp3) is 0.455. The molecule has 1 amide bonds. The van der Waals surface area contributed by atoms with E-state index in [0.717, 1.165) is 24.1 Å². The van der Waals surface area contributed by atoms with Crippen LogP contribution in [0.4, 0.5) is 4.39 Å². The van der Waals surface area contributed by atoms with Crippen molar-refractivity contribution in [2.24, 2.45) is 0 Å². The van der Waals surface area contributed by atoms with Gasteiger partial charge in [0, 0.05) is 25.0 Å². The lowest BCUT2D eigenvalue weighted by atomic mass is 10.2. The maximum absolute atomic E-state index is 13.4. The lowest BCUT2D eigenvalue weighted by Crippen LogP contribution is -2.37. The Morgan fingerprint density at radius 2 is 2.50 bits per heavy atom. The Morgan fingerprint density at radius 1 is 1.69 bits per heavy atom. The van der Waals surface area contributed by atoms with Gasteiger partial charge in [0.05, 0.1) is 11.8 Å². The van der Waals surface area contributed by atoms with Crippen molar-refractivity contribution < 1.29 is 9.18 Å². The summed E-state index contributed by atoms with van der Waals surface area (Å²) in [6.07, 6.45) is 3.50. The van der Waals surface area contributed by atoms with Gasteiger partial charge in [-0.3, -0.25) is 9.78 Å². The summed E-state index contributed by atoms with van der Waals surface area (Å²) < 4.78 is 13.4. The lowest BCUT2D eigenvalue weighted by molar-refractivity contribution is 0.0743. The molecule has 16 heavy (non-hydrogen) atoms. The first-order valence-corrected chi connectivity index (χ1v) is 6.30. The first-order chi connectivity index (χ1) is 7.70. The molecule has 2 heterocycles. The molecule has 1 atom stereocenters. The van der Waals surface area contributed by atoms with Crippen LogP contribution < -0.4 is 0 Å². The number of carbonyl (C=O) groups is 1. The van der Waals surface area contributed by atoms with Crippen molar-refractivity contribution in [2.75, 3.05) is 18.6 Å². The zero-order chi connectivity index (χ0) is 11.5. The number of hydrogen-bond donors (Lipinski definition) is 0. The molecule has 1 saturated heterocycles. The zero-order valence-electron chi connectivity index (χ0n) is 9.02. The first-order valence-electron chi connectivity index (χ1n) is 5.14. The predicted octanol–water partition coefficient (Wildman–Crippen LogP) is 1.80. The van der Waals surface area contributed by atoms with E-state index in [-0.39, 0.29) is 17.5 Å². The third-order valence-corrected chi connectivity index (χ3v) is 3.92. The van der Waals surface area contributed by atoms with Gasteiger partial charge < -0.3 is 4.90 Å². The molecule has 1 aromatic rings. The number of pyridine rings is 1. The Bertz CT molecular complexity index is 393. The van der Waals surface area contributed by atoms with E-state index in [4.69, 9.17) is 0 Å². The molecular weight excluding hydrogens is 227 g/mol. The first kappa shape index (κ1) is 11.4. The summed E-state index contributed by atoms with van der Waals surface area (Å²) in [6.45, 7) is 0. The van der Waals surface area contributed by atoms with Gasteiger partial charge in [0.1, 0.15) is 0 Å². The molecule has 1 aliphatic heterocycles. The third-order valence-electron chi connectivity index (χ3n) is 2.78. The second-order valence-corrected chi connectivity index (χ2v) is 4.94. The van der Waals surface area contributed by atoms with Crippen molar-refractivity contribution in [1.82, 2.24) is 9.88 Å². The van der Waals surface area contributed by atoms with Crippen LogP contribution in [0.3, 0.4) is 0 Å². The van der Waals surface area contributed by atoms with Gasteiger partial charge >= 0.3 is 0 Å². The molecule has 5 heteroatoms. The number of nitrogens with zero attached hydrogens (tertiary/aromatic N) is 2. The Labute approximate surface area is 98.0 Å². The molecule has 86 valence electrons. The summed E-state index contributed by atoms with van der Waals surface area (Å²) in [4.78, 5) is 17.3. The molecule has 2 rings (SSSR count). The van der Waals surface area contributed by atoms with Crippen molar-refractivity contribution in [3.63, 3.8) is 0 Å². The molecule has 0 aliphatic carbocycles. The average Bonchev–Trinajstić information content (AvgIpc) is 2.81. The average molecular weight is 240 g/mol. The second-order valence-electron chi connectivity index (χ2n) is 3.79. The van der Waals surface area contributed by atoms with E-state index >= 15 is 0 Å². The predicted molar refractivity (Wildman–Crippen MR) is 62.0 cm³/mol. The summed E-state index contributed by atoms with van der Waals surface area (Å²) in [5.74, 6) is 1.20. The highest BCUT2D eigenvalue weighted by Crippen LogP contribution is 2.22. The van der Waals surface area contributed by atoms with Crippen molar-refractivity contribution in [2.45, 2.75) is 12.5 Å². The van der Waals surface area contributed by atoms with Crippen LogP contribution in [-0.4, -0.2) is 40.4 Å². The van der Waals surface area contributed by atoms with E-state index in [2.05, 4.69) is 4.98 Å². The molecule has 1 aromatic heterocycles. The maximum atomic E-state index is 13.4. The molecule has 1 fully saturated rings. The Kier molecular flexibility index (Phi) is 3.43. The standard InChI is InChI=1S/C11H13FN2OS/c1-14(8-3-5-16-7-8)11(15)9-2-4-13-6-10(9)12/h2,4,6,8H,3,5,7H2,1H3. The van der Waals surface area contributed by atoms with Crippen LogP contribution >= 0.6 is 11.8 Å². The number of hydrogen-bond acceptors (Lipinski definition) is 3. The summed E-state index contributed by atoms with van der Waals surface area (Å²) >= 11 is 1.83. The van der Waals surface area contributed by atoms with Crippen LogP contribution in [0.25, 0.3) is 0 Å². The van der Waals surface area contributed by atoms with Crippen molar-refractivity contribution in [3.05, 3.63) is 29.8 Å². The molecule has 0 N–H and O–H groups in total. The van der Waals surface area contributed by atoms with Crippen LogP contribution in [0.15, 0.2) is 18.5 Å². The summed E-state index contributed by atoms with van der Waals surface area (Å²) in [7, 11) is 1.73. The van der Waals surface area contributed by atoms with Crippen molar-refractivity contribution in [1.29, 1.82) is 0 Å². The van der Waals surface area contributed by atoms with Crippen LogP contribution in [-0.2, 0) is 0 Å². The fourth-order valence-corrected chi connectivity index (χ4v) is 3.00. The van der Waals surface area contributed by atoms with Gasteiger partial charge in [0.15, 0.2) is 5.82 Å². The van der Waals surface area contributed by atoms with Gasteiger partial charge in [-0.1, -0.05) is 0 Å². The minimum Gasteiger partial charge on any atom is -0.338 e. The van der Waals surface area contributed by atoms with E-state index < -0.39 is 5.82 Å². The number of thioether (sulfide) groups is 1. The van der Waals surface area contributed by atoms with E-state index in [1.807, 2.05) is 11.8 Å². The number of amides is 1. The SMILES string of the molecule is CN(C(=O)c1ccncc1F)C1CCSC1. The van der Waals surface area contributed by atoms with Crippen molar-refractivity contribution in [3.8, 4) is 0 Å². The van der Waals surface area contributed by atoms with Gasteiger partial charge in [0.2, 0.25) is 0 Å². The molecular formula is C11H13FN2OS. The number of rotatable bonds is 2. The topological polar surface area (TPSA) is 33.2 Å². The van der Waals surface area contributed by atoms with E-state index in [9.17, 15) is 9.18 Å². The highest BCUT2D eigenvalue weighted by molar-refractivity contribution is 7.99. The van der Waals surface area contributed by atoms with Gasteiger partial charge in [-0.2, -0.15) is 11.8 Å². The Morgan fingerprint density at radius 3 is 3.12 bits per heavy atom. The quantitative estimate of drug-likeness (QED) is 0.790. The van der Waals surface area contributed by atoms with Gasteiger partial charge in [-0.15, -0.1) is 0 Å². The monoisotopic (exact) mass is 240 g/mol. The Hall–Kier alpha value is -1.10. The normalized spacial score (nSPS) is 19.8. The second kappa shape index (κ2) is 4.82. The van der Waals surface area contributed by atoms with E-state index in [1.54, 1.807) is 11.9 Å². The van der Waals surface area contributed by atoms with Crippen molar-refractivity contribution >= 4 is 17.7 Å².